The van der Waals surface area contributed by atoms with Crippen LogP contribution >= 0.6 is 11.8 Å². The Labute approximate surface area is 133 Å². The van der Waals surface area contributed by atoms with Gasteiger partial charge in [-0.15, -0.1) is 0 Å². The lowest BCUT2D eigenvalue weighted by molar-refractivity contribution is 0.560. The minimum Gasteiger partial charge on any atom is -0.423 e. The van der Waals surface area contributed by atoms with Crippen LogP contribution in [0.3, 0.4) is 0 Å². The van der Waals surface area contributed by atoms with Gasteiger partial charge >= 0.3 is 5.63 Å². The third-order valence-electron chi connectivity index (χ3n) is 4.49. The number of hydrogen-bond donors (Lipinski definition) is 0. The minimum absolute atomic E-state index is 0.246. The van der Waals surface area contributed by atoms with Crippen LogP contribution in [0.25, 0.3) is 21.7 Å². The Balaban J connectivity index is 1.84. The number of rotatable bonds is 3. The fourth-order valence-electron chi connectivity index (χ4n) is 3.40. The van der Waals surface area contributed by atoms with E-state index >= 15 is 0 Å². The van der Waals surface area contributed by atoms with Crippen LogP contribution in [-0.4, -0.2) is 5.25 Å². The van der Waals surface area contributed by atoms with E-state index in [1.807, 2.05) is 36.0 Å². The molecule has 3 heteroatoms. The zero-order valence-corrected chi connectivity index (χ0v) is 13.2. The maximum atomic E-state index is 11.9. The molecule has 0 spiro atoms. The zero-order chi connectivity index (χ0) is 14.9. The zero-order valence-electron chi connectivity index (χ0n) is 12.4. The lowest BCUT2D eigenvalue weighted by Crippen LogP contribution is -2.02. The lowest BCUT2D eigenvalue weighted by atomic mass is 10.0. The SMILES string of the molecule is O=c1cc(CSC2CCCC2)c2c(ccc3ccccc32)o1. The molecule has 0 unspecified atom stereocenters. The van der Waals surface area contributed by atoms with Gasteiger partial charge in [-0.3, -0.25) is 0 Å². The number of fused-ring (bicyclic) bond motifs is 3. The smallest absolute Gasteiger partial charge is 0.336 e. The quantitative estimate of drug-likeness (QED) is 0.497. The third-order valence-corrected chi connectivity index (χ3v) is 5.91. The first-order chi connectivity index (χ1) is 10.8. The molecule has 0 radical (unpaired) electrons. The number of thioether (sulfide) groups is 1. The van der Waals surface area contributed by atoms with E-state index in [2.05, 4.69) is 12.1 Å². The van der Waals surface area contributed by atoms with Crippen LogP contribution in [-0.2, 0) is 5.75 Å². The number of benzene rings is 2. The maximum Gasteiger partial charge on any atom is 0.336 e. The highest BCUT2D eigenvalue weighted by Crippen LogP contribution is 2.34. The second kappa shape index (κ2) is 5.81. The summed E-state index contributed by atoms with van der Waals surface area (Å²) in [7, 11) is 0. The summed E-state index contributed by atoms with van der Waals surface area (Å²) in [4.78, 5) is 11.9. The lowest BCUT2D eigenvalue weighted by Gasteiger charge is -2.11. The van der Waals surface area contributed by atoms with Crippen molar-refractivity contribution in [3.05, 3.63) is 58.4 Å². The van der Waals surface area contributed by atoms with Crippen molar-refractivity contribution in [3.8, 4) is 0 Å². The molecule has 1 aliphatic rings. The molecule has 0 amide bonds. The summed E-state index contributed by atoms with van der Waals surface area (Å²) < 4.78 is 5.42. The average molecular weight is 310 g/mol. The van der Waals surface area contributed by atoms with Crippen LogP contribution in [0.5, 0.6) is 0 Å². The summed E-state index contributed by atoms with van der Waals surface area (Å²) in [5.41, 5.74) is 1.57. The van der Waals surface area contributed by atoms with Gasteiger partial charge in [0.25, 0.3) is 0 Å². The highest BCUT2D eigenvalue weighted by molar-refractivity contribution is 7.99. The highest BCUT2D eigenvalue weighted by Gasteiger charge is 2.17. The molecule has 0 N–H and O–H groups in total. The Morgan fingerprint density at radius 1 is 1.09 bits per heavy atom. The van der Waals surface area contributed by atoms with Crippen LogP contribution in [0.1, 0.15) is 31.2 Å². The largest absolute Gasteiger partial charge is 0.423 e. The Morgan fingerprint density at radius 3 is 2.77 bits per heavy atom. The van der Waals surface area contributed by atoms with Gasteiger partial charge in [-0.25, -0.2) is 4.79 Å². The average Bonchev–Trinajstić information content (AvgIpc) is 3.05. The molecule has 1 heterocycles. The van der Waals surface area contributed by atoms with Crippen LogP contribution in [0.4, 0.5) is 0 Å². The van der Waals surface area contributed by atoms with Crippen molar-refractivity contribution in [3.63, 3.8) is 0 Å². The van der Waals surface area contributed by atoms with Crippen molar-refractivity contribution in [2.24, 2.45) is 0 Å². The second-order valence-electron chi connectivity index (χ2n) is 5.97. The molecule has 22 heavy (non-hydrogen) atoms. The molecule has 2 nitrogen and oxygen atoms in total. The van der Waals surface area contributed by atoms with E-state index < -0.39 is 0 Å². The van der Waals surface area contributed by atoms with Gasteiger partial charge in [-0.05, 0) is 35.2 Å². The molecule has 2 aromatic carbocycles. The topological polar surface area (TPSA) is 30.2 Å². The molecular formula is C19H18O2S. The molecule has 1 saturated carbocycles. The van der Waals surface area contributed by atoms with Gasteiger partial charge < -0.3 is 4.42 Å². The molecule has 112 valence electrons. The van der Waals surface area contributed by atoms with Crippen LogP contribution in [0.15, 0.2) is 51.7 Å². The van der Waals surface area contributed by atoms with E-state index in [1.165, 1.54) is 36.5 Å². The standard InChI is InChI=1S/C19H18O2S/c20-18-11-14(12-22-15-6-2-3-7-15)19-16-8-4-1-5-13(16)9-10-17(19)21-18/h1,4-5,8-11,15H,2-3,6-7,12H2. The van der Waals surface area contributed by atoms with E-state index in [4.69, 9.17) is 4.42 Å². The van der Waals surface area contributed by atoms with Crippen LogP contribution < -0.4 is 5.63 Å². The van der Waals surface area contributed by atoms with Crippen LogP contribution in [0, 0.1) is 0 Å². The van der Waals surface area contributed by atoms with Gasteiger partial charge in [0.05, 0.1) is 0 Å². The predicted octanol–water partition coefficient (Wildman–Crippen LogP) is 5.12. The minimum atomic E-state index is -0.246. The van der Waals surface area contributed by atoms with Crippen molar-refractivity contribution in [2.45, 2.75) is 36.7 Å². The summed E-state index contributed by atoms with van der Waals surface area (Å²) in [6.07, 6.45) is 5.31. The normalized spacial score (nSPS) is 15.8. The second-order valence-corrected chi connectivity index (χ2v) is 7.26. The van der Waals surface area contributed by atoms with Crippen molar-refractivity contribution < 1.29 is 4.42 Å². The first kappa shape index (κ1) is 13.9. The predicted molar refractivity (Wildman–Crippen MR) is 93.5 cm³/mol. The Hall–Kier alpha value is -1.74. The summed E-state index contributed by atoms with van der Waals surface area (Å²) in [6.45, 7) is 0. The van der Waals surface area contributed by atoms with Gasteiger partial charge in [-0.2, -0.15) is 11.8 Å². The monoisotopic (exact) mass is 310 g/mol. The molecule has 1 fully saturated rings. The van der Waals surface area contributed by atoms with E-state index in [9.17, 15) is 4.79 Å². The molecule has 0 saturated heterocycles. The molecule has 0 bridgehead atoms. The van der Waals surface area contributed by atoms with E-state index in [-0.39, 0.29) is 5.63 Å². The first-order valence-corrected chi connectivity index (χ1v) is 8.92. The van der Waals surface area contributed by atoms with E-state index in [1.54, 1.807) is 6.07 Å². The molecule has 0 atom stereocenters. The Kier molecular flexibility index (Phi) is 3.67. The molecule has 1 aromatic heterocycles. The maximum absolute atomic E-state index is 11.9. The van der Waals surface area contributed by atoms with Gasteiger partial charge in [0.2, 0.25) is 0 Å². The Bertz CT molecular complexity index is 875. The molecule has 3 aromatic rings. The van der Waals surface area contributed by atoms with Gasteiger partial charge in [-0.1, -0.05) is 43.2 Å². The van der Waals surface area contributed by atoms with Crippen molar-refractivity contribution in [2.75, 3.05) is 0 Å². The fraction of sp³-hybridized carbons (Fsp3) is 0.316. The summed E-state index contributed by atoms with van der Waals surface area (Å²) in [6, 6.07) is 13.9. The van der Waals surface area contributed by atoms with Gasteiger partial charge in [0.1, 0.15) is 5.58 Å². The van der Waals surface area contributed by atoms with E-state index in [0.29, 0.717) is 5.58 Å². The third kappa shape index (κ3) is 2.54. The van der Waals surface area contributed by atoms with Gasteiger partial charge in [0.15, 0.2) is 0 Å². The highest BCUT2D eigenvalue weighted by atomic mass is 32.2. The first-order valence-electron chi connectivity index (χ1n) is 7.87. The van der Waals surface area contributed by atoms with E-state index in [0.717, 1.165) is 22.0 Å². The van der Waals surface area contributed by atoms with Crippen LogP contribution in [0.2, 0.25) is 0 Å². The fourth-order valence-corrected chi connectivity index (χ4v) is 4.71. The molecule has 4 rings (SSSR count). The molecular weight excluding hydrogens is 292 g/mol. The van der Waals surface area contributed by atoms with Crippen molar-refractivity contribution >= 4 is 33.5 Å². The number of hydrogen-bond acceptors (Lipinski definition) is 3. The van der Waals surface area contributed by atoms with Crippen molar-refractivity contribution in [1.82, 2.24) is 0 Å². The molecule has 0 aliphatic heterocycles. The Morgan fingerprint density at radius 2 is 1.91 bits per heavy atom. The summed E-state index contributed by atoms with van der Waals surface area (Å²) in [5, 5.41) is 4.21. The molecule has 1 aliphatic carbocycles. The van der Waals surface area contributed by atoms with Crippen molar-refractivity contribution in [1.29, 1.82) is 0 Å². The summed E-state index contributed by atoms with van der Waals surface area (Å²) in [5.74, 6) is 0.890. The summed E-state index contributed by atoms with van der Waals surface area (Å²) >= 11 is 1.99. The van der Waals surface area contributed by atoms with Gasteiger partial charge in [0, 0.05) is 22.5 Å².